The summed E-state index contributed by atoms with van der Waals surface area (Å²) in [6, 6.07) is 64.9. The number of nitrogens with zero attached hydrogens (tertiary/aromatic N) is 1. The van der Waals surface area contributed by atoms with Gasteiger partial charge in [-0.2, -0.15) is 0 Å². The van der Waals surface area contributed by atoms with Crippen LogP contribution in [-0.4, -0.2) is 0 Å². The van der Waals surface area contributed by atoms with Gasteiger partial charge in [0.05, 0.1) is 5.69 Å². The van der Waals surface area contributed by atoms with Crippen molar-refractivity contribution < 1.29 is 0 Å². The zero-order chi connectivity index (χ0) is 34.2. The van der Waals surface area contributed by atoms with E-state index in [4.69, 9.17) is 0 Å². The fraction of sp³-hybridized carbons (Fsp3) is 0. The molecule has 52 heavy (non-hydrogen) atoms. The summed E-state index contributed by atoms with van der Waals surface area (Å²) < 4.78 is 7.92. The standard InChI is InChI=1S/C48H29NS3/c1-4-14-41-36(9-1)39-29-32(23-28-44(39)50-41)30-19-24-33(25-20-30)49(40-13-8-18-46-48(40)38-11-3-6-16-43(38)52-46)34-26-21-31(22-27-34)35-12-7-17-45-47(35)37-10-2-5-15-42(37)51-45/h1-29H. The maximum absolute atomic E-state index is 2.44. The van der Waals surface area contributed by atoms with Crippen molar-refractivity contribution in [2.75, 3.05) is 4.90 Å². The van der Waals surface area contributed by atoms with Crippen molar-refractivity contribution in [2.45, 2.75) is 0 Å². The molecule has 4 heteroatoms. The first-order chi connectivity index (χ1) is 25.8. The highest BCUT2D eigenvalue weighted by atomic mass is 32.1. The van der Waals surface area contributed by atoms with E-state index < -0.39 is 0 Å². The average molecular weight is 716 g/mol. The molecule has 0 aliphatic rings. The first kappa shape index (κ1) is 29.9. The van der Waals surface area contributed by atoms with Gasteiger partial charge in [0.2, 0.25) is 0 Å². The topological polar surface area (TPSA) is 3.24 Å². The van der Waals surface area contributed by atoms with E-state index in [1.807, 2.05) is 34.0 Å². The summed E-state index contributed by atoms with van der Waals surface area (Å²) >= 11 is 5.60. The van der Waals surface area contributed by atoms with Gasteiger partial charge in [-0.1, -0.05) is 103 Å². The molecule has 0 spiro atoms. The Morgan fingerprint density at radius 3 is 1.48 bits per heavy atom. The molecule has 3 heterocycles. The van der Waals surface area contributed by atoms with Crippen LogP contribution in [0.15, 0.2) is 176 Å². The largest absolute Gasteiger partial charge is 0.310 e. The smallest absolute Gasteiger partial charge is 0.0554 e. The zero-order valence-electron chi connectivity index (χ0n) is 27.9. The van der Waals surface area contributed by atoms with Gasteiger partial charge >= 0.3 is 0 Å². The van der Waals surface area contributed by atoms with Crippen molar-refractivity contribution in [1.29, 1.82) is 0 Å². The number of rotatable bonds is 5. The predicted octanol–water partition coefficient (Wildman–Crippen LogP) is 15.6. The Kier molecular flexibility index (Phi) is 6.84. The monoisotopic (exact) mass is 715 g/mol. The molecule has 0 saturated carbocycles. The second kappa shape index (κ2) is 11.9. The molecule has 0 aliphatic carbocycles. The first-order valence-corrected chi connectivity index (χ1v) is 19.9. The van der Waals surface area contributed by atoms with Crippen molar-refractivity contribution in [3.05, 3.63) is 176 Å². The Balaban J connectivity index is 1.05. The number of hydrogen-bond donors (Lipinski definition) is 0. The molecule has 0 fully saturated rings. The third-order valence-electron chi connectivity index (χ3n) is 10.3. The van der Waals surface area contributed by atoms with E-state index in [0.717, 1.165) is 11.4 Å². The summed E-state index contributed by atoms with van der Waals surface area (Å²) in [5.74, 6) is 0. The fourth-order valence-corrected chi connectivity index (χ4v) is 11.2. The van der Waals surface area contributed by atoms with Gasteiger partial charge in [-0.15, -0.1) is 34.0 Å². The van der Waals surface area contributed by atoms with Gasteiger partial charge in [-0.05, 0) is 95.1 Å². The molecule has 0 saturated heterocycles. The SMILES string of the molecule is c1ccc2c(c1)sc1ccc(-c3ccc(N(c4ccc(-c5cccc6sc7ccccc7c56)cc4)c4cccc5sc6ccccc6c45)cc3)cc12. The van der Waals surface area contributed by atoms with Crippen LogP contribution in [0.4, 0.5) is 17.1 Å². The maximum atomic E-state index is 2.44. The highest BCUT2D eigenvalue weighted by molar-refractivity contribution is 7.26. The van der Waals surface area contributed by atoms with Gasteiger partial charge in [0.1, 0.15) is 0 Å². The van der Waals surface area contributed by atoms with Gasteiger partial charge in [0.15, 0.2) is 0 Å². The predicted molar refractivity (Wildman–Crippen MR) is 231 cm³/mol. The Bertz CT molecular complexity index is 3130. The molecule has 11 aromatic rings. The van der Waals surface area contributed by atoms with Gasteiger partial charge in [0.25, 0.3) is 0 Å². The van der Waals surface area contributed by atoms with Crippen LogP contribution in [0.2, 0.25) is 0 Å². The van der Waals surface area contributed by atoms with Gasteiger partial charge in [-0.25, -0.2) is 0 Å². The second-order valence-corrected chi connectivity index (χ2v) is 16.5. The van der Waals surface area contributed by atoms with Gasteiger partial charge in [0, 0.05) is 71.9 Å². The molecule has 3 aromatic heterocycles. The van der Waals surface area contributed by atoms with E-state index in [2.05, 4.69) is 181 Å². The minimum absolute atomic E-state index is 1.13. The van der Waals surface area contributed by atoms with Crippen LogP contribution in [0.1, 0.15) is 0 Å². The third kappa shape index (κ3) is 4.72. The lowest BCUT2D eigenvalue weighted by molar-refractivity contribution is 1.30. The summed E-state index contributed by atoms with van der Waals surface area (Å²) in [6.07, 6.45) is 0. The summed E-state index contributed by atoms with van der Waals surface area (Å²) in [4.78, 5) is 2.44. The second-order valence-electron chi connectivity index (χ2n) is 13.3. The van der Waals surface area contributed by atoms with Gasteiger partial charge < -0.3 is 4.90 Å². The highest BCUT2D eigenvalue weighted by Crippen LogP contribution is 2.46. The minimum atomic E-state index is 1.13. The minimum Gasteiger partial charge on any atom is -0.310 e. The van der Waals surface area contributed by atoms with Crippen LogP contribution in [-0.2, 0) is 0 Å². The van der Waals surface area contributed by atoms with Crippen molar-refractivity contribution in [1.82, 2.24) is 0 Å². The van der Waals surface area contributed by atoms with Crippen molar-refractivity contribution >= 4 is 112 Å². The Morgan fingerprint density at radius 2 is 0.788 bits per heavy atom. The average Bonchev–Trinajstić information content (AvgIpc) is 3.90. The van der Waals surface area contributed by atoms with E-state index in [9.17, 15) is 0 Å². The number of benzene rings is 8. The first-order valence-electron chi connectivity index (χ1n) is 17.5. The van der Waals surface area contributed by atoms with Crippen molar-refractivity contribution in [2.24, 2.45) is 0 Å². The van der Waals surface area contributed by atoms with Crippen LogP contribution in [0.5, 0.6) is 0 Å². The van der Waals surface area contributed by atoms with E-state index >= 15 is 0 Å². The molecular formula is C48H29NS3. The number of anilines is 3. The number of hydrogen-bond acceptors (Lipinski definition) is 4. The van der Waals surface area contributed by atoms with E-state index in [-0.39, 0.29) is 0 Å². The molecule has 0 atom stereocenters. The summed E-state index contributed by atoms with van der Waals surface area (Å²) in [6.45, 7) is 0. The highest BCUT2D eigenvalue weighted by Gasteiger charge is 2.19. The quantitative estimate of drug-likeness (QED) is 0.171. The van der Waals surface area contributed by atoms with Crippen LogP contribution in [0.25, 0.3) is 82.8 Å². The zero-order valence-corrected chi connectivity index (χ0v) is 30.4. The molecular weight excluding hydrogens is 687 g/mol. The Morgan fingerprint density at radius 1 is 0.308 bits per heavy atom. The van der Waals surface area contributed by atoms with E-state index in [0.29, 0.717) is 0 Å². The molecule has 8 aromatic carbocycles. The molecule has 0 aliphatic heterocycles. The molecule has 0 N–H and O–H groups in total. The van der Waals surface area contributed by atoms with E-state index in [1.54, 1.807) is 0 Å². The summed E-state index contributed by atoms with van der Waals surface area (Å²) in [7, 11) is 0. The van der Waals surface area contributed by atoms with Crippen LogP contribution < -0.4 is 4.90 Å². The van der Waals surface area contributed by atoms with Crippen molar-refractivity contribution in [3.63, 3.8) is 0 Å². The third-order valence-corrected chi connectivity index (χ3v) is 13.7. The lowest BCUT2D eigenvalue weighted by atomic mass is 9.99. The van der Waals surface area contributed by atoms with Gasteiger partial charge in [-0.3, -0.25) is 0 Å². The normalized spacial score (nSPS) is 11.8. The summed E-state index contributed by atoms with van der Waals surface area (Å²) in [5, 5.41) is 7.91. The summed E-state index contributed by atoms with van der Waals surface area (Å²) in [5.41, 5.74) is 8.40. The lowest BCUT2D eigenvalue weighted by Crippen LogP contribution is -2.10. The van der Waals surface area contributed by atoms with E-state index in [1.165, 1.54) is 88.5 Å². The van der Waals surface area contributed by atoms with Crippen LogP contribution in [0, 0.1) is 0 Å². The van der Waals surface area contributed by atoms with Crippen LogP contribution in [0.3, 0.4) is 0 Å². The molecule has 0 radical (unpaired) electrons. The number of thiophene rings is 3. The molecule has 0 amide bonds. The maximum Gasteiger partial charge on any atom is 0.0554 e. The number of fused-ring (bicyclic) bond motifs is 9. The Labute approximate surface area is 312 Å². The van der Waals surface area contributed by atoms with Crippen molar-refractivity contribution in [3.8, 4) is 22.3 Å². The molecule has 11 rings (SSSR count). The van der Waals surface area contributed by atoms with Crippen LogP contribution >= 0.6 is 34.0 Å². The Hall–Kier alpha value is -5.78. The fourth-order valence-electron chi connectivity index (χ4n) is 7.88. The molecule has 0 unspecified atom stereocenters. The molecule has 0 bridgehead atoms. The molecule has 244 valence electrons. The molecule has 1 nitrogen and oxygen atoms in total. The lowest BCUT2D eigenvalue weighted by Gasteiger charge is -2.27.